The summed E-state index contributed by atoms with van der Waals surface area (Å²) in [4.78, 5) is 8.59. The number of nitrogens with two attached hydrogens (primary N) is 2. The molecule has 0 rings (SSSR count). The van der Waals surface area contributed by atoms with Gasteiger partial charge in [0.2, 0.25) is 0 Å². The van der Waals surface area contributed by atoms with Gasteiger partial charge in [0.1, 0.15) is 0 Å². The van der Waals surface area contributed by atoms with Crippen LogP contribution in [0.5, 0.6) is 0 Å². The largest absolute Gasteiger partial charge is 0.379 e. The van der Waals surface area contributed by atoms with E-state index < -0.39 is 0 Å². The van der Waals surface area contributed by atoms with E-state index >= 15 is 0 Å². The van der Waals surface area contributed by atoms with Gasteiger partial charge in [-0.1, -0.05) is 87.7 Å². The summed E-state index contributed by atoms with van der Waals surface area (Å²) in [6.45, 7) is 1.78. The third-order valence-electron chi connectivity index (χ3n) is 4.02. The summed E-state index contributed by atoms with van der Waals surface area (Å²) < 4.78 is 0. The number of amidine groups is 2. The molecule has 0 bridgehead atoms. The Kier molecular flexibility index (Phi) is 18.7. The van der Waals surface area contributed by atoms with Crippen molar-refractivity contribution in [3.8, 4) is 0 Å². The molecule has 0 unspecified atom stereocenters. The van der Waals surface area contributed by atoms with E-state index in [0.29, 0.717) is 10.3 Å². The molecule has 0 aromatic carbocycles. The van der Waals surface area contributed by atoms with E-state index in [-0.39, 0.29) is 0 Å². The van der Waals surface area contributed by atoms with Gasteiger partial charge in [0.05, 0.1) is 0 Å². The molecule has 0 aliphatic carbocycles. The van der Waals surface area contributed by atoms with E-state index in [0.717, 1.165) is 13.1 Å². The maximum absolute atomic E-state index is 5.65. The molecule has 0 aromatic heterocycles. The van der Waals surface area contributed by atoms with Crippen molar-refractivity contribution < 1.29 is 0 Å². The normalized spacial score (nSPS) is 12.8. The van der Waals surface area contributed by atoms with Crippen LogP contribution in [0.1, 0.15) is 77.0 Å². The van der Waals surface area contributed by atoms with Gasteiger partial charge in [-0.25, -0.2) is 0 Å². The van der Waals surface area contributed by atoms with Crippen LogP contribution in [-0.4, -0.2) is 35.9 Å². The Morgan fingerprint density at radius 1 is 0.542 bits per heavy atom. The van der Waals surface area contributed by atoms with Crippen LogP contribution in [0.2, 0.25) is 0 Å². The van der Waals surface area contributed by atoms with Crippen LogP contribution >= 0.6 is 23.5 Å². The van der Waals surface area contributed by atoms with E-state index in [1.807, 2.05) is 12.5 Å². The van der Waals surface area contributed by atoms with Gasteiger partial charge in [-0.3, -0.25) is 9.98 Å². The molecular formula is C18H38N4S2. The summed E-state index contributed by atoms with van der Waals surface area (Å²) in [6.07, 6.45) is 19.9. The van der Waals surface area contributed by atoms with Gasteiger partial charge < -0.3 is 11.5 Å². The van der Waals surface area contributed by atoms with E-state index in [4.69, 9.17) is 11.5 Å². The highest BCUT2D eigenvalue weighted by molar-refractivity contribution is 8.13. The van der Waals surface area contributed by atoms with Crippen LogP contribution in [-0.2, 0) is 0 Å². The van der Waals surface area contributed by atoms with Crippen LogP contribution in [0.3, 0.4) is 0 Å². The average Bonchev–Trinajstić information content (AvgIpc) is 2.60. The first-order valence-electron chi connectivity index (χ1n) is 9.38. The molecule has 0 radical (unpaired) electrons. The third-order valence-corrected chi connectivity index (χ3v) is 5.11. The quantitative estimate of drug-likeness (QED) is 0.240. The van der Waals surface area contributed by atoms with Gasteiger partial charge >= 0.3 is 0 Å². The van der Waals surface area contributed by atoms with Crippen molar-refractivity contribution in [3.05, 3.63) is 0 Å². The minimum absolute atomic E-state index is 0.715. The van der Waals surface area contributed by atoms with Gasteiger partial charge in [0.25, 0.3) is 0 Å². The van der Waals surface area contributed by atoms with Crippen LogP contribution in [0.25, 0.3) is 0 Å². The third kappa shape index (κ3) is 18.0. The van der Waals surface area contributed by atoms with Crippen molar-refractivity contribution in [2.24, 2.45) is 21.5 Å². The fraction of sp³-hybridized carbons (Fsp3) is 0.889. The second-order valence-electron chi connectivity index (χ2n) is 6.09. The second-order valence-corrected chi connectivity index (χ2v) is 7.74. The molecule has 0 spiro atoms. The Hall–Kier alpha value is -0.360. The average molecular weight is 375 g/mol. The van der Waals surface area contributed by atoms with Crippen molar-refractivity contribution in [1.82, 2.24) is 0 Å². The van der Waals surface area contributed by atoms with Gasteiger partial charge in [0.15, 0.2) is 10.3 Å². The lowest BCUT2D eigenvalue weighted by Gasteiger charge is -2.03. The summed E-state index contributed by atoms with van der Waals surface area (Å²) in [5, 5.41) is 1.43. The molecule has 4 nitrogen and oxygen atoms in total. The van der Waals surface area contributed by atoms with Crippen molar-refractivity contribution >= 4 is 33.9 Å². The smallest absolute Gasteiger partial charge is 0.153 e. The highest BCUT2D eigenvalue weighted by Gasteiger charge is 1.94. The first-order valence-corrected chi connectivity index (χ1v) is 11.8. The molecule has 0 aliphatic rings. The Balaban J connectivity index is 3.13. The zero-order valence-electron chi connectivity index (χ0n) is 15.8. The number of aliphatic imine (C=N–C) groups is 2. The SMILES string of the molecule is CSC(N)=NCCCCCCCCCCCCCCN=C(N)SC. The first-order chi connectivity index (χ1) is 11.7. The standard InChI is InChI=1S/C18H38N4S2/c1-23-17(19)21-15-13-11-9-7-5-3-4-6-8-10-12-14-16-22-18(20)24-2/h3-16H2,1-2H3,(H2,19,21)(H2,20,22). The van der Waals surface area contributed by atoms with Crippen LogP contribution in [0.15, 0.2) is 9.98 Å². The molecule has 0 atom stereocenters. The molecule has 4 N–H and O–H groups in total. The minimum Gasteiger partial charge on any atom is -0.379 e. The molecule has 0 saturated carbocycles. The maximum atomic E-state index is 5.65. The molecule has 0 fully saturated rings. The predicted molar refractivity (Wildman–Crippen MR) is 115 cm³/mol. The number of thioether (sulfide) groups is 2. The highest BCUT2D eigenvalue weighted by atomic mass is 32.2. The first kappa shape index (κ1) is 23.6. The number of hydrogen-bond donors (Lipinski definition) is 2. The van der Waals surface area contributed by atoms with E-state index in [9.17, 15) is 0 Å². The molecule has 0 aliphatic heterocycles. The minimum atomic E-state index is 0.715. The summed E-state index contributed by atoms with van der Waals surface area (Å²) in [7, 11) is 0. The lowest BCUT2D eigenvalue weighted by Crippen LogP contribution is -2.06. The highest BCUT2D eigenvalue weighted by Crippen LogP contribution is 2.12. The molecule has 0 heterocycles. The number of hydrogen-bond acceptors (Lipinski definition) is 4. The zero-order valence-corrected chi connectivity index (χ0v) is 17.4. The van der Waals surface area contributed by atoms with E-state index in [2.05, 4.69) is 9.98 Å². The van der Waals surface area contributed by atoms with Crippen molar-refractivity contribution in [2.45, 2.75) is 77.0 Å². The molecule has 142 valence electrons. The zero-order chi connectivity index (χ0) is 17.9. The van der Waals surface area contributed by atoms with Gasteiger partial charge in [-0.2, -0.15) is 0 Å². The molecule has 6 heteroatoms. The number of unbranched alkanes of at least 4 members (excludes halogenated alkanes) is 11. The molecule has 0 saturated heterocycles. The molecule has 24 heavy (non-hydrogen) atoms. The Morgan fingerprint density at radius 2 is 0.792 bits per heavy atom. The Bertz CT molecular complexity index is 301. The lowest BCUT2D eigenvalue weighted by atomic mass is 10.1. The fourth-order valence-corrected chi connectivity index (χ4v) is 2.94. The predicted octanol–water partition coefficient (Wildman–Crippen LogP) is 5.02. The van der Waals surface area contributed by atoms with Crippen molar-refractivity contribution in [1.29, 1.82) is 0 Å². The van der Waals surface area contributed by atoms with Crippen molar-refractivity contribution in [3.63, 3.8) is 0 Å². The van der Waals surface area contributed by atoms with Gasteiger partial charge in [0, 0.05) is 13.1 Å². The summed E-state index contributed by atoms with van der Waals surface area (Å²) in [5.41, 5.74) is 11.3. The summed E-state index contributed by atoms with van der Waals surface area (Å²) >= 11 is 3.06. The monoisotopic (exact) mass is 374 g/mol. The number of rotatable bonds is 15. The molecule has 0 aromatic rings. The van der Waals surface area contributed by atoms with Crippen LogP contribution in [0.4, 0.5) is 0 Å². The Labute approximate surface area is 158 Å². The van der Waals surface area contributed by atoms with Gasteiger partial charge in [-0.05, 0) is 25.4 Å². The van der Waals surface area contributed by atoms with Gasteiger partial charge in [-0.15, -0.1) is 0 Å². The lowest BCUT2D eigenvalue weighted by molar-refractivity contribution is 0.543. The Morgan fingerprint density at radius 3 is 1.04 bits per heavy atom. The fourth-order valence-electron chi connectivity index (χ4n) is 2.50. The van der Waals surface area contributed by atoms with Crippen LogP contribution in [0, 0.1) is 0 Å². The second kappa shape index (κ2) is 19.0. The van der Waals surface area contributed by atoms with Crippen molar-refractivity contribution in [2.75, 3.05) is 25.6 Å². The summed E-state index contributed by atoms with van der Waals surface area (Å²) in [5.74, 6) is 0. The summed E-state index contributed by atoms with van der Waals surface area (Å²) in [6, 6.07) is 0. The maximum Gasteiger partial charge on any atom is 0.153 e. The van der Waals surface area contributed by atoms with E-state index in [1.165, 1.54) is 101 Å². The van der Waals surface area contributed by atoms with Crippen LogP contribution < -0.4 is 11.5 Å². The number of nitrogens with zero attached hydrogens (tertiary/aromatic N) is 2. The molecule has 0 amide bonds. The topological polar surface area (TPSA) is 76.8 Å². The van der Waals surface area contributed by atoms with E-state index in [1.54, 1.807) is 0 Å². The molecular weight excluding hydrogens is 336 g/mol.